The maximum absolute atomic E-state index is 3.58. The average molecular weight is 273 g/mol. The number of anilines is 1. The maximum Gasteiger partial charge on any atom is 0.0581 e. The molecule has 0 bridgehead atoms. The van der Waals surface area contributed by atoms with Crippen LogP contribution in [0.4, 0.5) is 5.69 Å². The van der Waals surface area contributed by atoms with Gasteiger partial charge in [0.25, 0.3) is 0 Å². The Hall–Kier alpha value is -1.28. The number of aryl methyl sites for hydroxylation is 1. The predicted octanol–water partition coefficient (Wildman–Crippen LogP) is 5.74. The zero-order chi connectivity index (χ0) is 13.8. The highest BCUT2D eigenvalue weighted by Gasteiger charge is 2.10. The van der Waals surface area contributed by atoms with Gasteiger partial charge in [-0.25, -0.2) is 0 Å². The monoisotopic (exact) mass is 273 g/mol. The van der Waals surface area contributed by atoms with Gasteiger partial charge in [0.15, 0.2) is 0 Å². The molecule has 0 spiro atoms. The van der Waals surface area contributed by atoms with E-state index in [0.717, 1.165) is 0 Å². The lowest BCUT2D eigenvalue weighted by molar-refractivity contribution is 0.733. The average Bonchev–Trinajstić information content (AvgIpc) is 2.85. The van der Waals surface area contributed by atoms with Crippen molar-refractivity contribution in [3.05, 3.63) is 51.7 Å². The summed E-state index contributed by atoms with van der Waals surface area (Å²) in [4.78, 5) is 1.42. The molecular formula is C17H23NS. The molecule has 2 heteroatoms. The van der Waals surface area contributed by atoms with Crippen LogP contribution in [0.15, 0.2) is 35.7 Å². The second-order valence-corrected chi connectivity index (χ2v) is 6.21. The first-order chi connectivity index (χ1) is 9.11. The van der Waals surface area contributed by atoms with E-state index < -0.39 is 0 Å². The molecule has 2 aromatic rings. The molecule has 1 aromatic carbocycles. The minimum atomic E-state index is 0.370. The van der Waals surface area contributed by atoms with E-state index in [-0.39, 0.29) is 0 Å². The molecule has 2 rings (SSSR count). The van der Waals surface area contributed by atoms with Crippen molar-refractivity contribution in [3.8, 4) is 0 Å². The molecule has 0 saturated carbocycles. The Morgan fingerprint density at radius 2 is 1.79 bits per heavy atom. The molecule has 1 nitrogen and oxygen atoms in total. The molecule has 0 saturated heterocycles. The molecule has 0 aliphatic carbocycles. The lowest BCUT2D eigenvalue weighted by Gasteiger charge is -2.16. The summed E-state index contributed by atoms with van der Waals surface area (Å²) in [7, 11) is 0. The highest BCUT2D eigenvalue weighted by molar-refractivity contribution is 7.10. The van der Waals surface area contributed by atoms with Crippen LogP contribution in [0.2, 0.25) is 0 Å². The van der Waals surface area contributed by atoms with Gasteiger partial charge in [0.05, 0.1) is 6.04 Å². The number of nitrogens with one attached hydrogen (secondary N) is 1. The summed E-state index contributed by atoms with van der Waals surface area (Å²) in [6.07, 6.45) is 1.19. The zero-order valence-corrected chi connectivity index (χ0v) is 13.1. The van der Waals surface area contributed by atoms with Crippen molar-refractivity contribution in [1.82, 2.24) is 0 Å². The minimum absolute atomic E-state index is 0.370. The third-order valence-corrected chi connectivity index (χ3v) is 4.97. The third-order valence-electron chi connectivity index (χ3n) is 3.77. The van der Waals surface area contributed by atoms with E-state index in [1.54, 1.807) is 0 Å². The normalized spacial score (nSPS) is 14.1. The summed E-state index contributed by atoms with van der Waals surface area (Å²) in [6.45, 7) is 8.91. The van der Waals surface area contributed by atoms with Crippen LogP contribution in [-0.4, -0.2) is 0 Å². The largest absolute Gasteiger partial charge is 0.378 e. The standard InChI is InChI=1S/C17H23NS/c1-5-12(2)15-6-8-16(9-7-15)18-14(4)17-13(3)10-11-19-17/h6-12,14,18H,5H2,1-4H3. The fourth-order valence-corrected chi connectivity index (χ4v) is 3.22. The van der Waals surface area contributed by atoms with Crippen LogP contribution in [0.1, 0.15) is 55.2 Å². The number of rotatable bonds is 5. The van der Waals surface area contributed by atoms with Crippen LogP contribution in [0.3, 0.4) is 0 Å². The minimum Gasteiger partial charge on any atom is -0.378 e. The lowest BCUT2D eigenvalue weighted by atomic mass is 9.98. The molecular weight excluding hydrogens is 250 g/mol. The second-order valence-electron chi connectivity index (χ2n) is 5.27. The van der Waals surface area contributed by atoms with E-state index in [4.69, 9.17) is 0 Å². The molecule has 102 valence electrons. The summed E-state index contributed by atoms with van der Waals surface area (Å²) >= 11 is 1.83. The number of hydrogen-bond donors (Lipinski definition) is 1. The molecule has 1 N–H and O–H groups in total. The van der Waals surface area contributed by atoms with Crippen LogP contribution in [0.25, 0.3) is 0 Å². The molecule has 0 aliphatic rings. The van der Waals surface area contributed by atoms with E-state index in [1.807, 2.05) is 11.3 Å². The molecule has 1 aromatic heterocycles. The van der Waals surface area contributed by atoms with Gasteiger partial charge in [0, 0.05) is 10.6 Å². The van der Waals surface area contributed by atoms with Gasteiger partial charge in [0.2, 0.25) is 0 Å². The van der Waals surface area contributed by atoms with E-state index in [9.17, 15) is 0 Å². The lowest BCUT2D eigenvalue weighted by Crippen LogP contribution is -2.06. The van der Waals surface area contributed by atoms with Gasteiger partial charge in [-0.05, 0) is 60.9 Å². The first-order valence-corrected chi connectivity index (χ1v) is 7.90. The topological polar surface area (TPSA) is 12.0 Å². The summed E-state index contributed by atoms with van der Waals surface area (Å²) in [6, 6.07) is 11.4. The molecule has 2 unspecified atom stereocenters. The molecule has 1 heterocycles. The second kappa shape index (κ2) is 6.25. The summed E-state index contributed by atoms with van der Waals surface area (Å²) in [5, 5.41) is 5.74. The SMILES string of the molecule is CCC(C)c1ccc(NC(C)c2sccc2C)cc1. The Morgan fingerprint density at radius 1 is 1.11 bits per heavy atom. The van der Waals surface area contributed by atoms with Crippen LogP contribution in [0, 0.1) is 6.92 Å². The highest BCUT2D eigenvalue weighted by atomic mass is 32.1. The smallest absolute Gasteiger partial charge is 0.0581 e. The quantitative estimate of drug-likeness (QED) is 0.732. The van der Waals surface area contributed by atoms with Crippen LogP contribution in [0.5, 0.6) is 0 Å². The fraction of sp³-hybridized carbons (Fsp3) is 0.412. The van der Waals surface area contributed by atoms with Crippen LogP contribution < -0.4 is 5.32 Å². The predicted molar refractivity (Wildman–Crippen MR) is 86.2 cm³/mol. The number of hydrogen-bond acceptors (Lipinski definition) is 2. The first kappa shape index (κ1) is 14.1. The first-order valence-electron chi connectivity index (χ1n) is 7.02. The summed E-state index contributed by atoms with van der Waals surface area (Å²) in [5.74, 6) is 0.644. The van der Waals surface area contributed by atoms with Crippen molar-refractivity contribution < 1.29 is 0 Å². The summed E-state index contributed by atoms with van der Waals surface area (Å²) in [5.41, 5.74) is 4.00. The van der Waals surface area contributed by atoms with E-state index in [0.29, 0.717) is 12.0 Å². The molecule has 0 fully saturated rings. The Morgan fingerprint density at radius 3 is 2.32 bits per heavy atom. The molecule has 0 radical (unpaired) electrons. The van der Waals surface area contributed by atoms with E-state index >= 15 is 0 Å². The van der Waals surface area contributed by atoms with Gasteiger partial charge in [-0.3, -0.25) is 0 Å². The third kappa shape index (κ3) is 3.38. The fourth-order valence-electron chi connectivity index (χ4n) is 2.29. The molecule has 0 amide bonds. The van der Waals surface area contributed by atoms with Crippen molar-refractivity contribution in [2.24, 2.45) is 0 Å². The van der Waals surface area contributed by atoms with Crippen molar-refractivity contribution >= 4 is 17.0 Å². The maximum atomic E-state index is 3.58. The van der Waals surface area contributed by atoms with E-state index in [2.05, 4.69) is 68.7 Å². The Kier molecular flexibility index (Phi) is 4.65. The van der Waals surface area contributed by atoms with Crippen molar-refractivity contribution in [3.63, 3.8) is 0 Å². The van der Waals surface area contributed by atoms with Crippen molar-refractivity contribution in [2.45, 2.75) is 46.1 Å². The van der Waals surface area contributed by atoms with Gasteiger partial charge in [-0.15, -0.1) is 11.3 Å². The molecule has 19 heavy (non-hydrogen) atoms. The van der Waals surface area contributed by atoms with Gasteiger partial charge in [-0.1, -0.05) is 26.0 Å². The van der Waals surface area contributed by atoms with Crippen LogP contribution >= 0.6 is 11.3 Å². The molecule has 0 aliphatic heterocycles. The number of thiophene rings is 1. The Labute approximate surface area is 120 Å². The Bertz CT molecular complexity index is 512. The zero-order valence-electron chi connectivity index (χ0n) is 12.2. The van der Waals surface area contributed by atoms with Gasteiger partial charge < -0.3 is 5.32 Å². The van der Waals surface area contributed by atoms with Gasteiger partial charge in [0.1, 0.15) is 0 Å². The molecule has 2 atom stereocenters. The number of benzene rings is 1. The van der Waals surface area contributed by atoms with E-state index in [1.165, 1.54) is 28.1 Å². The van der Waals surface area contributed by atoms with Gasteiger partial charge >= 0.3 is 0 Å². The van der Waals surface area contributed by atoms with Gasteiger partial charge in [-0.2, -0.15) is 0 Å². The highest BCUT2D eigenvalue weighted by Crippen LogP contribution is 2.27. The Balaban J connectivity index is 2.06. The van der Waals surface area contributed by atoms with Crippen molar-refractivity contribution in [2.75, 3.05) is 5.32 Å². The van der Waals surface area contributed by atoms with Crippen LogP contribution in [-0.2, 0) is 0 Å². The van der Waals surface area contributed by atoms with Crippen molar-refractivity contribution in [1.29, 1.82) is 0 Å². The summed E-state index contributed by atoms with van der Waals surface area (Å²) < 4.78 is 0.